The summed E-state index contributed by atoms with van der Waals surface area (Å²) in [4.78, 5) is 0. The first kappa shape index (κ1) is 31.5. The van der Waals surface area contributed by atoms with Crippen LogP contribution in [0.5, 0.6) is 0 Å². The van der Waals surface area contributed by atoms with Crippen LogP contribution in [0.15, 0.2) is 206 Å². The fraction of sp³-hybridized carbons (Fsp3) is 0.0182. The molecule has 0 saturated heterocycles. The third-order valence-corrected chi connectivity index (χ3v) is 11.7. The molecule has 0 nitrogen and oxygen atoms in total. The number of rotatable bonds is 5. The summed E-state index contributed by atoms with van der Waals surface area (Å²) in [5.41, 5.74) is 18.0. The summed E-state index contributed by atoms with van der Waals surface area (Å²) in [6, 6.07) is 76.1. The number of fused-ring (bicyclic) bond motifs is 9. The van der Waals surface area contributed by atoms with Crippen molar-refractivity contribution in [2.24, 2.45) is 0 Å². The molecule has 0 heterocycles. The van der Waals surface area contributed by atoms with Crippen molar-refractivity contribution in [3.05, 3.63) is 217 Å². The van der Waals surface area contributed by atoms with Crippen molar-refractivity contribution in [1.82, 2.24) is 0 Å². The summed E-state index contributed by atoms with van der Waals surface area (Å²) in [7, 11) is 0. The molecule has 0 aliphatic heterocycles. The van der Waals surface area contributed by atoms with Crippen LogP contribution in [0.4, 0.5) is 0 Å². The smallest absolute Gasteiger partial charge is 0.000728 e. The highest BCUT2D eigenvalue weighted by atomic mass is 14.3. The second-order valence-electron chi connectivity index (χ2n) is 14.8. The van der Waals surface area contributed by atoms with Gasteiger partial charge in [-0.1, -0.05) is 182 Å². The lowest BCUT2D eigenvalue weighted by molar-refractivity contribution is 1.26. The maximum atomic E-state index is 2.40. The van der Waals surface area contributed by atoms with Gasteiger partial charge in [-0.25, -0.2) is 0 Å². The van der Waals surface area contributed by atoms with Crippen molar-refractivity contribution in [2.75, 3.05) is 0 Å². The van der Waals surface area contributed by atoms with Crippen molar-refractivity contribution < 1.29 is 0 Å². The molecule has 0 N–H and O–H groups in total. The van der Waals surface area contributed by atoms with Crippen LogP contribution in [0.1, 0.15) is 11.1 Å². The Balaban J connectivity index is 0.931. The van der Waals surface area contributed by atoms with Crippen LogP contribution in [-0.4, -0.2) is 0 Å². The van der Waals surface area contributed by atoms with E-state index >= 15 is 0 Å². The number of hydrogen-bond acceptors (Lipinski definition) is 0. The van der Waals surface area contributed by atoms with Crippen LogP contribution in [-0.2, 0) is 6.42 Å². The fourth-order valence-corrected chi connectivity index (χ4v) is 8.97. The SMILES string of the molecule is c1ccc(-c2ccc(-c3cccc(-c4ccc5c(c4)-c4cccc(-c6cccc(-c7ccc8c9ccccc9c9ccccc9c8c7)c6)c4C5)c3)cc2)cc1. The molecule has 0 fully saturated rings. The topological polar surface area (TPSA) is 0 Å². The molecule has 256 valence electrons. The van der Waals surface area contributed by atoms with Crippen LogP contribution >= 0.6 is 0 Å². The van der Waals surface area contributed by atoms with Gasteiger partial charge in [-0.3, -0.25) is 0 Å². The Morgan fingerprint density at radius 2 is 0.636 bits per heavy atom. The first-order valence-corrected chi connectivity index (χ1v) is 19.2. The summed E-state index contributed by atoms with van der Waals surface area (Å²) in [6.07, 6.45) is 0.939. The zero-order chi connectivity index (χ0) is 36.3. The van der Waals surface area contributed by atoms with Crippen molar-refractivity contribution in [1.29, 1.82) is 0 Å². The molecule has 55 heavy (non-hydrogen) atoms. The third kappa shape index (κ3) is 5.38. The Morgan fingerprint density at radius 3 is 1.33 bits per heavy atom. The van der Waals surface area contributed by atoms with Gasteiger partial charge in [0.2, 0.25) is 0 Å². The van der Waals surface area contributed by atoms with E-state index in [-0.39, 0.29) is 0 Å². The van der Waals surface area contributed by atoms with Gasteiger partial charge in [0.15, 0.2) is 0 Å². The van der Waals surface area contributed by atoms with Gasteiger partial charge >= 0.3 is 0 Å². The molecule has 10 aromatic carbocycles. The van der Waals surface area contributed by atoms with Gasteiger partial charge in [0.25, 0.3) is 0 Å². The molecular weight excluding hydrogens is 661 g/mol. The largest absolute Gasteiger partial charge is 0.0622 e. The van der Waals surface area contributed by atoms with Gasteiger partial charge < -0.3 is 0 Å². The standard InChI is InChI=1S/C55H36/c1-2-11-36(12-3-1)37-23-25-38(26-24-37)39-13-8-14-40(31-39)42-27-28-45-35-54-46(21-10-22-51(54)53(45)33-42)44-16-9-15-41(32-44)43-29-30-52-49-19-5-4-17-47(49)48-18-6-7-20-50(48)55(52)34-43/h1-34H,35H2. The maximum absolute atomic E-state index is 2.40. The molecule has 0 amide bonds. The van der Waals surface area contributed by atoms with Crippen LogP contribution in [0.25, 0.3) is 99.1 Å². The van der Waals surface area contributed by atoms with E-state index in [1.807, 2.05) is 0 Å². The first-order chi connectivity index (χ1) is 27.2. The zero-order valence-electron chi connectivity index (χ0n) is 30.3. The minimum absolute atomic E-state index is 0.939. The van der Waals surface area contributed by atoms with E-state index in [4.69, 9.17) is 0 Å². The Kier molecular flexibility index (Phi) is 7.35. The molecule has 0 saturated carbocycles. The van der Waals surface area contributed by atoms with Gasteiger partial charge in [0.1, 0.15) is 0 Å². The molecule has 1 aliphatic rings. The summed E-state index contributed by atoms with van der Waals surface area (Å²) in [6.45, 7) is 0. The van der Waals surface area contributed by atoms with Crippen molar-refractivity contribution in [2.45, 2.75) is 6.42 Å². The van der Waals surface area contributed by atoms with E-state index < -0.39 is 0 Å². The van der Waals surface area contributed by atoms with Crippen LogP contribution in [0.3, 0.4) is 0 Å². The quantitative estimate of drug-likeness (QED) is 0.157. The van der Waals surface area contributed by atoms with E-state index in [1.54, 1.807) is 0 Å². The zero-order valence-corrected chi connectivity index (χ0v) is 30.3. The minimum Gasteiger partial charge on any atom is -0.0622 e. The summed E-state index contributed by atoms with van der Waals surface area (Å²) in [5, 5.41) is 7.83. The molecule has 10 aromatic rings. The van der Waals surface area contributed by atoms with E-state index in [0.29, 0.717) is 0 Å². The minimum atomic E-state index is 0.939. The summed E-state index contributed by atoms with van der Waals surface area (Å²) < 4.78 is 0. The van der Waals surface area contributed by atoms with Gasteiger partial charge in [-0.2, -0.15) is 0 Å². The fourth-order valence-electron chi connectivity index (χ4n) is 8.97. The van der Waals surface area contributed by atoms with Crippen molar-refractivity contribution in [3.63, 3.8) is 0 Å². The third-order valence-electron chi connectivity index (χ3n) is 11.7. The molecular formula is C55H36. The highest BCUT2D eigenvalue weighted by molar-refractivity contribution is 6.25. The average molecular weight is 697 g/mol. The highest BCUT2D eigenvalue weighted by Crippen LogP contribution is 2.44. The summed E-state index contributed by atoms with van der Waals surface area (Å²) >= 11 is 0. The highest BCUT2D eigenvalue weighted by Gasteiger charge is 2.22. The Labute approximate surface area is 321 Å². The molecule has 0 atom stereocenters. The molecule has 0 spiro atoms. The van der Waals surface area contributed by atoms with E-state index in [1.165, 1.54) is 110 Å². The lowest BCUT2D eigenvalue weighted by Gasteiger charge is -2.13. The predicted molar refractivity (Wildman–Crippen MR) is 234 cm³/mol. The van der Waals surface area contributed by atoms with E-state index in [9.17, 15) is 0 Å². The lowest BCUT2D eigenvalue weighted by atomic mass is 9.90. The molecule has 11 rings (SSSR count). The Hall–Kier alpha value is -7.02. The van der Waals surface area contributed by atoms with Crippen LogP contribution < -0.4 is 0 Å². The van der Waals surface area contributed by atoms with Gasteiger partial charge in [0.05, 0.1) is 0 Å². The second kappa shape index (κ2) is 12.8. The number of hydrogen-bond donors (Lipinski definition) is 0. The summed E-state index contributed by atoms with van der Waals surface area (Å²) in [5.74, 6) is 0. The monoisotopic (exact) mass is 696 g/mol. The lowest BCUT2D eigenvalue weighted by Crippen LogP contribution is -1.89. The molecule has 1 aliphatic carbocycles. The molecule has 0 radical (unpaired) electrons. The second-order valence-corrected chi connectivity index (χ2v) is 14.8. The van der Waals surface area contributed by atoms with Gasteiger partial charge in [-0.05, 0) is 141 Å². The first-order valence-electron chi connectivity index (χ1n) is 19.2. The predicted octanol–water partition coefficient (Wildman–Crippen LogP) is 15.1. The number of benzene rings is 10. The maximum Gasteiger partial charge on any atom is -0.000728 e. The van der Waals surface area contributed by atoms with Gasteiger partial charge in [0, 0.05) is 0 Å². The Morgan fingerprint density at radius 1 is 0.218 bits per heavy atom. The Bertz CT molecular complexity index is 3060. The molecule has 0 heteroatoms. The molecule has 0 unspecified atom stereocenters. The van der Waals surface area contributed by atoms with E-state index in [2.05, 4.69) is 206 Å². The molecule has 0 aromatic heterocycles. The average Bonchev–Trinajstić information content (AvgIpc) is 3.65. The normalized spacial score (nSPS) is 11.9. The van der Waals surface area contributed by atoms with Gasteiger partial charge in [-0.15, -0.1) is 0 Å². The molecule has 0 bridgehead atoms. The van der Waals surface area contributed by atoms with Crippen LogP contribution in [0, 0.1) is 0 Å². The van der Waals surface area contributed by atoms with Crippen LogP contribution in [0.2, 0.25) is 0 Å². The van der Waals surface area contributed by atoms with Crippen molar-refractivity contribution in [3.8, 4) is 66.8 Å². The van der Waals surface area contributed by atoms with E-state index in [0.717, 1.165) is 6.42 Å². The van der Waals surface area contributed by atoms with Crippen molar-refractivity contribution >= 4 is 32.3 Å².